The van der Waals surface area contributed by atoms with Crippen molar-refractivity contribution in [3.05, 3.63) is 11.8 Å². The van der Waals surface area contributed by atoms with Crippen molar-refractivity contribution in [1.82, 2.24) is 10.6 Å². The molecule has 1 aliphatic rings. The van der Waals surface area contributed by atoms with Crippen LogP contribution in [0.5, 0.6) is 0 Å². The van der Waals surface area contributed by atoms with Crippen molar-refractivity contribution in [2.45, 2.75) is 26.0 Å². The molecule has 1 unspecified atom stereocenters. The van der Waals surface area contributed by atoms with Crippen molar-refractivity contribution in [1.29, 1.82) is 0 Å². The predicted octanol–water partition coefficient (Wildman–Crippen LogP) is 0.467. The van der Waals surface area contributed by atoms with Gasteiger partial charge in [-0.1, -0.05) is 13.3 Å². The van der Waals surface area contributed by atoms with E-state index < -0.39 is 6.23 Å². The molecular weight excluding hydrogens is 160 g/mol. The zero-order valence-corrected chi connectivity index (χ0v) is 7.24. The van der Waals surface area contributed by atoms with Crippen LogP contribution in [0.2, 0.25) is 0 Å². The minimum atomic E-state index is -0.620. The molecule has 0 fully saturated rings. The fourth-order valence-electron chi connectivity index (χ4n) is 1.01. The Morgan fingerprint density at radius 1 is 1.73 bits per heavy atom. The second kappa shape index (κ2) is 3.69. The zero-order chi connectivity index (χ0) is 8.27. The van der Waals surface area contributed by atoms with Crippen molar-refractivity contribution >= 4 is 17.3 Å². The number of hydrogen-bond donors (Lipinski definition) is 3. The topological polar surface area (TPSA) is 44.3 Å². The molecule has 3 N–H and O–H groups in total. The Morgan fingerprint density at radius 2 is 2.45 bits per heavy atom. The first-order valence-electron chi connectivity index (χ1n) is 3.68. The van der Waals surface area contributed by atoms with Gasteiger partial charge >= 0.3 is 0 Å². The van der Waals surface area contributed by atoms with Gasteiger partial charge in [0.1, 0.15) is 6.23 Å². The summed E-state index contributed by atoms with van der Waals surface area (Å²) in [5, 5.41) is 15.3. The molecule has 0 saturated carbocycles. The Kier molecular flexibility index (Phi) is 2.84. The van der Waals surface area contributed by atoms with E-state index in [-0.39, 0.29) is 0 Å². The smallest absolute Gasteiger partial charge is 0.172 e. The molecule has 0 amide bonds. The largest absolute Gasteiger partial charge is 0.370 e. The highest BCUT2D eigenvalue weighted by molar-refractivity contribution is 7.80. The molecule has 0 spiro atoms. The quantitative estimate of drug-likeness (QED) is 0.530. The van der Waals surface area contributed by atoms with E-state index in [4.69, 9.17) is 17.3 Å². The molecule has 1 atom stereocenters. The van der Waals surface area contributed by atoms with Gasteiger partial charge in [0.2, 0.25) is 0 Å². The van der Waals surface area contributed by atoms with Crippen LogP contribution in [0.25, 0.3) is 0 Å². The molecule has 0 aromatic rings. The lowest BCUT2D eigenvalue weighted by molar-refractivity contribution is 0.203. The molecule has 0 aromatic heterocycles. The summed E-state index contributed by atoms with van der Waals surface area (Å²) in [4.78, 5) is 0. The summed E-state index contributed by atoms with van der Waals surface area (Å²) in [6.45, 7) is 2.08. The summed E-state index contributed by atoms with van der Waals surface area (Å²) >= 11 is 4.85. The van der Waals surface area contributed by atoms with Gasteiger partial charge in [-0.3, -0.25) is 0 Å². The lowest BCUT2D eigenvalue weighted by atomic mass is 10.2. The number of rotatable bonds is 2. The van der Waals surface area contributed by atoms with Crippen molar-refractivity contribution in [2.24, 2.45) is 0 Å². The van der Waals surface area contributed by atoms with Crippen LogP contribution in [0.1, 0.15) is 19.8 Å². The summed E-state index contributed by atoms with van der Waals surface area (Å²) in [7, 11) is 0. The van der Waals surface area contributed by atoms with Gasteiger partial charge in [0.05, 0.1) is 0 Å². The highest BCUT2D eigenvalue weighted by Gasteiger charge is 2.11. The van der Waals surface area contributed by atoms with E-state index in [1.54, 1.807) is 6.08 Å². The maximum absolute atomic E-state index is 9.16. The molecule has 0 saturated heterocycles. The molecular formula is C7H12N2OS. The lowest BCUT2D eigenvalue weighted by Gasteiger charge is -2.21. The van der Waals surface area contributed by atoms with E-state index in [9.17, 15) is 0 Å². The summed E-state index contributed by atoms with van der Waals surface area (Å²) < 4.78 is 0. The molecule has 1 rings (SSSR count). The third-order valence-electron chi connectivity index (χ3n) is 1.43. The second-order valence-electron chi connectivity index (χ2n) is 2.49. The van der Waals surface area contributed by atoms with Crippen LogP contribution in [0.15, 0.2) is 11.8 Å². The average molecular weight is 172 g/mol. The summed E-state index contributed by atoms with van der Waals surface area (Å²) in [6, 6.07) is 0. The fourth-order valence-corrected chi connectivity index (χ4v) is 1.26. The number of aliphatic hydroxyl groups is 1. The van der Waals surface area contributed by atoms with E-state index in [1.807, 2.05) is 0 Å². The van der Waals surface area contributed by atoms with Gasteiger partial charge in [0, 0.05) is 5.70 Å². The molecule has 1 heterocycles. The third-order valence-corrected chi connectivity index (χ3v) is 1.65. The normalized spacial score (nSPS) is 23.6. The van der Waals surface area contributed by atoms with E-state index in [0.29, 0.717) is 5.11 Å². The van der Waals surface area contributed by atoms with Crippen LogP contribution in [0.3, 0.4) is 0 Å². The van der Waals surface area contributed by atoms with E-state index in [1.165, 1.54) is 0 Å². The first kappa shape index (κ1) is 8.49. The Bertz CT molecular complexity index is 191. The van der Waals surface area contributed by atoms with Gasteiger partial charge < -0.3 is 15.7 Å². The van der Waals surface area contributed by atoms with Crippen molar-refractivity contribution in [2.75, 3.05) is 0 Å². The molecule has 1 aliphatic heterocycles. The molecule has 0 aliphatic carbocycles. The maximum atomic E-state index is 9.16. The lowest BCUT2D eigenvalue weighted by Crippen LogP contribution is -2.45. The van der Waals surface area contributed by atoms with Crippen molar-refractivity contribution < 1.29 is 5.11 Å². The average Bonchev–Trinajstić information content (AvgIpc) is 1.85. The van der Waals surface area contributed by atoms with Crippen LogP contribution < -0.4 is 10.6 Å². The first-order chi connectivity index (χ1) is 5.22. The van der Waals surface area contributed by atoms with Crippen LogP contribution >= 0.6 is 12.2 Å². The summed E-state index contributed by atoms with van der Waals surface area (Å²) in [5.74, 6) is 0. The Hall–Kier alpha value is -0.610. The minimum absolute atomic E-state index is 0.503. The maximum Gasteiger partial charge on any atom is 0.172 e. The fraction of sp³-hybridized carbons (Fsp3) is 0.571. The standard InChI is InChI=1S/C7H12N2OS/c1-2-3-5-4-6(10)9-7(11)8-5/h4,6,10H,2-3H2,1H3,(H2,8,9,11). The predicted molar refractivity (Wildman–Crippen MR) is 47.9 cm³/mol. The highest BCUT2D eigenvalue weighted by atomic mass is 32.1. The summed E-state index contributed by atoms with van der Waals surface area (Å²) in [5.41, 5.74) is 1.00. The van der Waals surface area contributed by atoms with Crippen LogP contribution in [-0.2, 0) is 0 Å². The van der Waals surface area contributed by atoms with Gasteiger partial charge in [0.15, 0.2) is 5.11 Å². The van der Waals surface area contributed by atoms with Crippen molar-refractivity contribution in [3.63, 3.8) is 0 Å². The van der Waals surface area contributed by atoms with Gasteiger partial charge in [-0.15, -0.1) is 0 Å². The Labute approximate surface area is 71.5 Å². The van der Waals surface area contributed by atoms with Gasteiger partial charge in [0.25, 0.3) is 0 Å². The number of allylic oxidation sites excluding steroid dienone is 1. The van der Waals surface area contributed by atoms with Crippen LogP contribution in [0.4, 0.5) is 0 Å². The number of thiocarbonyl (C=S) groups is 1. The molecule has 4 heteroatoms. The van der Waals surface area contributed by atoms with E-state index in [0.717, 1.165) is 18.5 Å². The second-order valence-corrected chi connectivity index (χ2v) is 2.89. The molecule has 0 radical (unpaired) electrons. The summed E-state index contributed by atoms with van der Waals surface area (Å²) in [6.07, 6.45) is 3.09. The Balaban J connectivity index is 2.56. The minimum Gasteiger partial charge on any atom is -0.370 e. The number of nitrogens with one attached hydrogen (secondary N) is 2. The molecule has 0 aromatic carbocycles. The molecule has 11 heavy (non-hydrogen) atoms. The molecule has 3 nitrogen and oxygen atoms in total. The van der Waals surface area contributed by atoms with Crippen molar-refractivity contribution in [3.8, 4) is 0 Å². The SMILES string of the molecule is CCCC1=CC(O)NC(=S)N1. The van der Waals surface area contributed by atoms with Gasteiger partial charge in [-0.2, -0.15) is 0 Å². The zero-order valence-electron chi connectivity index (χ0n) is 6.42. The van der Waals surface area contributed by atoms with Crippen LogP contribution in [-0.4, -0.2) is 16.4 Å². The van der Waals surface area contributed by atoms with Gasteiger partial charge in [-0.05, 0) is 24.7 Å². The van der Waals surface area contributed by atoms with Crippen LogP contribution in [0, 0.1) is 0 Å². The van der Waals surface area contributed by atoms with Gasteiger partial charge in [-0.25, -0.2) is 0 Å². The molecule has 62 valence electrons. The highest BCUT2D eigenvalue weighted by Crippen LogP contribution is 2.05. The molecule has 0 bridgehead atoms. The monoisotopic (exact) mass is 172 g/mol. The first-order valence-corrected chi connectivity index (χ1v) is 4.09. The van der Waals surface area contributed by atoms with E-state index in [2.05, 4.69) is 17.6 Å². The third kappa shape index (κ3) is 2.48. The number of hydrogen-bond acceptors (Lipinski definition) is 2. The van der Waals surface area contributed by atoms with E-state index >= 15 is 0 Å². The Morgan fingerprint density at radius 3 is 3.00 bits per heavy atom. The number of aliphatic hydroxyl groups excluding tert-OH is 1.